The van der Waals surface area contributed by atoms with E-state index in [0.29, 0.717) is 18.8 Å². The summed E-state index contributed by atoms with van der Waals surface area (Å²) in [7, 11) is 0. The summed E-state index contributed by atoms with van der Waals surface area (Å²) in [6.45, 7) is 0.559. The summed E-state index contributed by atoms with van der Waals surface area (Å²) in [5.74, 6) is -1.07. The third kappa shape index (κ3) is 3.48. The van der Waals surface area contributed by atoms with Crippen LogP contribution in [0.1, 0.15) is 31.2 Å². The predicted octanol–water partition coefficient (Wildman–Crippen LogP) is 3.52. The Morgan fingerprint density at radius 3 is 2.45 bits per heavy atom. The van der Waals surface area contributed by atoms with Crippen molar-refractivity contribution in [1.82, 2.24) is 4.90 Å². The minimum Gasteiger partial charge on any atom is -0.339 e. The van der Waals surface area contributed by atoms with E-state index in [1.54, 1.807) is 4.90 Å². The van der Waals surface area contributed by atoms with Crippen molar-refractivity contribution in [2.45, 2.75) is 38.1 Å². The molecule has 1 aromatic rings. The number of amides is 1. The lowest BCUT2D eigenvalue weighted by molar-refractivity contribution is -0.134. The van der Waals surface area contributed by atoms with Gasteiger partial charge in [-0.25, -0.2) is 8.78 Å². The molecule has 0 bridgehead atoms. The van der Waals surface area contributed by atoms with Crippen LogP contribution in [0.15, 0.2) is 18.2 Å². The number of nitrogens with zero attached hydrogens (tertiary/aromatic N) is 1. The van der Waals surface area contributed by atoms with Crippen molar-refractivity contribution >= 4 is 17.5 Å². The molecule has 0 spiro atoms. The molecule has 0 aromatic heterocycles. The molecular formula is C15H18ClF2NO. The number of halogens is 3. The zero-order valence-corrected chi connectivity index (χ0v) is 12.0. The summed E-state index contributed by atoms with van der Waals surface area (Å²) < 4.78 is 27.2. The average molecular weight is 302 g/mol. The van der Waals surface area contributed by atoms with Crippen molar-refractivity contribution in [2.75, 3.05) is 12.4 Å². The van der Waals surface area contributed by atoms with Gasteiger partial charge in [0.15, 0.2) is 0 Å². The van der Waals surface area contributed by atoms with Crippen LogP contribution in [0, 0.1) is 11.6 Å². The molecule has 1 fully saturated rings. The van der Waals surface area contributed by atoms with Gasteiger partial charge in [-0.1, -0.05) is 6.07 Å². The first-order valence-corrected chi connectivity index (χ1v) is 7.45. The second-order valence-corrected chi connectivity index (χ2v) is 5.47. The van der Waals surface area contributed by atoms with Gasteiger partial charge in [-0.05, 0) is 37.8 Å². The van der Waals surface area contributed by atoms with Gasteiger partial charge in [-0.3, -0.25) is 4.79 Å². The number of carbonyl (C=O) groups excluding carboxylic acids is 1. The van der Waals surface area contributed by atoms with E-state index in [2.05, 4.69) is 0 Å². The van der Waals surface area contributed by atoms with Gasteiger partial charge < -0.3 is 4.90 Å². The first-order valence-electron chi connectivity index (χ1n) is 6.92. The van der Waals surface area contributed by atoms with E-state index >= 15 is 0 Å². The van der Waals surface area contributed by atoms with Crippen LogP contribution in [0.2, 0.25) is 0 Å². The molecule has 0 atom stereocenters. The molecule has 1 saturated carbocycles. The fourth-order valence-corrected chi connectivity index (χ4v) is 2.51. The molecule has 2 nitrogen and oxygen atoms in total. The van der Waals surface area contributed by atoms with Crippen molar-refractivity contribution in [2.24, 2.45) is 0 Å². The van der Waals surface area contributed by atoms with Crippen LogP contribution in [0.5, 0.6) is 0 Å². The normalized spacial score (nSPS) is 14.9. The fraction of sp³-hybridized carbons (Fsp3) is 0.533. The van der Waals surface area contributed by atoms with E-state index in [4.69, 9.17) is 11.6 Å². The highest BCUT2D eigenvalue weighted by atomic mass is 35.5. The molecule has 0 heterocycles. The number of rotatable bonds is 6. The largest absolute Gasteiger partial charge is 0.339 e. The first-order chi connectivity index (χ1) is 9.63. The average Bonchev–Trinajstić information content (AvgIpc) is 2.36. The Labute approximate surface area is 122 Å². The Balaban J connectivity index is 2.07. The van der Waals surface area contributed by atoms with Gasteiger partial charge in [-0.2, -0.15) is 0 Å². The summed E-state index contributed by atoms with van der Waals surface area (Å²) in [6, 6.07) is 3.87. The zero-order chi connectivity index (χ0) is 14.5. The van der Waals surface area contributed by atoms with Crippen LogP contribution in [-0.4, -0.2) is 29.3 Å². The van der Waals surface area contributed by atoms with Gasteiger partial charge in [0, 0.05) is 24.0 Å². The molecule has 1 aliphatic carbocycles. The lowest BCUT2D eigenvalue weighted by atomic mass is 9.91. The van der Waals surface area contributed by atoms with Crippen molar-refractivity contribution in [3.05, 3.63) is 35.4 Å². The maximum absolute atomic E-state index is 13.6. The summed E-state index contributed by atoms with van der Waals surface area (Å²) in [6.07, 6.45) is 3.51. The highest BCUT2D eigenvalue weighted by molar-refractivity contribution is 6.17. The SMILES string of the molecule is O=C(Cc1c(F)cccc1F)N(CCCCl)C1CCC1. The molecule has 1 aromatic carbocycles. The summed E-state index contributed by atoms with van der Waals surface area (Å²) >= 11 is 5.67. The highest BCUT2D eigenvalue weighted by Gasteiger charge is 2.29. The lowest BCUT2D eigenvalue weighted by Crippen LogP contribution is -2.45. The van der Waals surface area contributed by atoms with Gasteiger partial charge in [0.1, 0.15) is 11.6 Å². The van der Waals surface area contributed by atoms with Gasteiger partial charge >= 0.3 is 0 Å². The Bertz CT molecular complexity index is 457. The Hall–Kier alpha value is -1.16. The number of carbonyl (C=O) groups is 1. The maximum atomic E-state index is 13.6. The number of alkyl halides is 1. The van der Waals surface area contributed by atoms with E-state index in [9.17, 15) is 13.6 Å². The smallest absolute Gasteiger partial charge is 0.227 e. The molecule has 110 valence electrons. The molecular weight excluding hydrogens is 284 g/mol. The van der Waals surface area contributed by atoms with Crippen LogP contribution >= 0.6 is 11.6 Å². The van der Waals surface area contributed by atoms with Crippen molar-refractivity contribution < 1.29 is 13.6 Å². The number of hydrogen-bond acceptors (Lipinski definition) is 1. The minimum absolute atomic E-state index is 0.146. The van der Waals surface area contributed by atoms with Crippen molar-refractivity contribution in [1.29, 1.82) is 0 Å². The Kier molecular flexibility index (Phi) is 5.35. The molecule has 1 aliphatic rings. The van der Waals surface area contributed by atoms with Crippen molar-refractivity contribution in [3.63, 3.8) is 0 Å². The van der Waals surface area contributed by atoms with Crippen molar-refractivity contribution in [3.8, 4) is 0 Å². The molecule has 0 N–H and O–H groups in total. The van der Waals surface area contributed by atoms with Gasteiger partial charge in [0.25, 0.3) is 0 Å². The molecule has 2 rings (SSSR count). The van der Waals surface area contributed by atoms with E-state index in [-0.39, 0.29) is 23.9 Å². The second kappa shape index (κ2) is 7.02. The molecule has 20 heavy (non-hydrogen) atoms. The third-order valence-corrected chi connectivity index (χ3v) is 4.03. The topological polar surface area (TPSA) is 20.3 Å². The fourth-order valence-electron chi connectivity index (χ4n) is 2.39. The molecule has 0 radical (unpaired) electrons. The summed E-state index contributed by atoms with van der Waals surface area (Å²) in [5, 5.41) is 0. The molecule has 1 amide bonds. The maximum Gasteiger partial charge on any atom is 0.227 e. The summed E-state index contributed by atoms with van der Waals surface area (Å²) in [4.78, 5) is 14.0. The lowest BCUT2D eigenvalue weighted by Gasteiger charge is -2.37. The number of benzene rings is 1. The van der Waals surface area contributed by atoms with E-state index in [1.165, 1.54) is 18.2 Å². The van der Waals surface area contributed by atoms with Crippen LogP contribution in [0.3, 0.4) is 0 Å². The minimum atomic E-state index is -0.663. The molecule has 5 heteroatoms. The van der Waals surface area contributed by atoms with E-state index in [1.807, 2.05) is 0 Å². The van der Waals surface area contributed by atoms with E-state index < -0.39 is 11.6 Å². The zero-order valence-electron chi connectivity index (χ0n) is 11.2. The van der Waals surface area contributed by atoms with E-state index in [0.717, 1.165) is 19.3 Å². The number of hydrogen-bond donors (Lipinski definition) is 0. The Morgan fingerprint density at radius 1 is 1.30 bits per heavy atom. The standard InChI is InChI=1S/C15H18ClF2NO/c16-8-3-9-19(11-4-1-5-11)15(20)10-12-13(17)6-2-7-14(12)18/h2,6-7,11H,1,3-5,8-10H2. The third-order valence-electron chi connectivity index (χ3n) is 3.76. The van der Waals surface area contributed by atoms with Crippen LogP contribution in [-0.2, 0) is 11.2 Å². The monoisotopic (exact) mass is 301 g/mol. The molecule has 0 saturated heterocycles. The van der Waals surface area contributed by atoms with Crippen LogP contribution in [0.25, 0.3) is 0 Å². The van der Waals surface area contributed by atoms with Gasteiger partial charge in [0.2, 0.25) is 5.91 Å². The second-order valence-electron chi connectivity index (χ2n) is 5.09. The first kappa shape index (κ1) is 15.2. The van der Waals surface area contributed by atoms with Crippen LogP contribution < -0.4 is 0 Å². The van der Waals surface area contributed by atoms with Crippen LogP contribution in [0.4, 0.5) is 8.78 Å². The quantitative estimate of drug-likeness (QED) is 0.736. The molecule has 0 aliphatic heterocycles. The highest BCUT2D eigenvalue weighted by Crippen LogP contribution is 2.26. The van der Waals surface area contributed by atoms with Gasteiger partial charge in [0.05, 0.1) is 6.42 Å². The Morgan fingerprint density at radius 2 is 1.95 bits per heavy atom. The van der Waals surface area contributed by atoms with Gasteiger partial charge in [-0.15, -0.1) is 11.6 Å². The molecule has 0 unspecified atom stereocenters. The predicted molar refractivity (Wildman–Crippen MR) is 74.8 cm³/mol. The summed E-state index contributed by atoms with van der Waals surface area (Å²) in [5.41, 5.74) is -0.146.